The van der Waals surface area contributed by atoms with Crippen molar-refractivity contribution in [2.45, 2.75) is 13.8 Å². The van der Waals surface area contributed by atoms with Gasteiger partial charge in [0, 0.05) is 5.69 Å². The highest BCUT2D eigenvalue weighted by molar-refractivity contribution is 5.95. The highest BCUT2D eigenvalue weighted by Crippen LogP contribution is 2.17. The minimum Gasteiger partial charge on any atom is -0.342 e. The van der Waals surface area contributed by atoms with Crippen molar-refractivity contribution in [1.29, 1.82) is 0 Å². The Hall–Kier alpha value is -1.92. The molecule has 1 aliphatic rings. The van der Waals surface area contributed by atoms with Crippen LogP contribution in [0.15, 0.2) is 18.2 Å². The average molecular weight is 320 g/mol. The maximum atomic E-state index is 12.0. The summed E-state index contributed by atoms with van der Waals surface area (Å²) in [4.78, 5) is 26.7. The monoisotopic (exact) mass is 320 g/mol. The predicted octanol–water partition coefficient (Wildman–Crippen LogP) is -2.23. The molecule has 1 aromatic rings. The zero-order valence-corrected chi connectivity index (χ0v) is 14.3. The third kappa shape index (κ3) is 5.33. The first-order valence-corrected chi connectivity index (χ1v) is 8.23. The van der Waals surface area contributed by atoms with Gasteiger partial charge in [0.05, 0.1) is 13.6 Å². The summed E-state index contributed by atoms with van der Waals surface area (Å²) in [5.41, 5.74) is 2.99. The van der Waals surface area contributed by atoms with Gasteiger partial charge in [-0.1, -0.05) is 12.1 Å². The van der Waals surface area contributed by atoms with E-state index in [1.54, 1.807) is 0 Å². The Morgan fingerprint density at radius 3 is 2.48 bits per heavy atom. The molecular weight excluding hydrogens is 292 g/mol. The number of piperazine rings is 1. The minimum atomic E-state index is -0.190. The van der Waals surface area contributed by atoms with Gasteiger partial charge in [-0.25, -0.2) is 0 Å². The van der Waals surface area contributed by atoms with Crippen LogP contribution >= 0.6 is 0 Å². The van der Waals surface area contributed by atoms with E-state index in [0.29, 0.717) is 6.54 Å². The fraction of sp³-hybridized carbons (Fsp3) is 0.529. The number of likely N-dealkylation sites (N-methyl/N-ethyl adjacent to an activating group) is 1. The van der Waals surface area contributed by atoms with E-state index >= 15 is 0 Å². The van der Waals surface area contributed by atoms with Crippen LogP contribution in [0, 0.1) is 13.8 Å². The quantitative estimate of drug-likeness (QED) is 0.496. The topological polar surface area (TPSA) is 67.1 Å². The van der Waals surface area contributed by atoms with Crippen LogP contribution in [-0.4, -0.2) is 58.1 Å². The molecule has 1 saturated heterocycles. The van der Waals surface area contributed by atoms with Gasteiger partial charge in [0.1, 0.15) is 26.2 Å². The molecule has 0 saturated carbocycles. The van der Waals surface area contributed by atoms with Gasteiger partial charge in [0.25, 0.3) is 5.91 Å². The van der Waals surface area contributed by atoms with E-state index in [1.165, 1.54) is 9.80 Å². The molecule has 126 valence electrons. The Balaban J connectivity index is 1.73. The van der Waals surface area contributed by atoms with E-state index in [4.69, 9.17) is 0 Å². The standard InChI is InChI=1S/C17H26N4O2/c1-13-5-4-6-15(14(13)2)19-16(22)11-18-17(23)12-21-9-7-20(3)8-10-21/h4-6H,7-12H2,1-3H3,(H,18,23)(H,19,22)/p+2. The molecule has 0 spiro atoms. The molecule has 0 atom stereocenters. The molecule has 0 unspecified atom stereocenters. The summed E-state index contributed by atoms with van der Waals surface area (Å²) in [6.07, 6.45) is 0. The van der Waals surface area contributed by atoms with Crippen molar-refractivity contribution in [2.75, 3.05) is 51.6 Å². The molecule has 1 aliphatic heterocycles. The van der Waals surface area contributed by atoms with Crippen molar-refractivity contribution < 1.29 is 19.4 Å². The van der Waals surface area contributed by atoms with Crippen molar-refractivity contribution in [1.82, 2.24) is 5.32 Å². The van der Waals surface area contributed by atoms with Crippen LogP contribution in [0.2, 0.25) is 0 Å². The van der Waals surface area contributed by atoms with Gasteiger partial charge in [0.2, 0.25) is 5.91 Å². The molecule has 23 heavy (non-hydrogen) atoms. The van der Waals surface area contributed by atoms with E-state index in [0.717, 1.165) is 43.0 Å². The number of rotatable bonds is 5. The van der Waals surface area contributed by atoms with Crippen LogP contribution in [0.4, 0.5) is 5.69 Å². The fourth-order valence-electron chi connectivity index (χ4n) is 2.76. The first kappa shape index (κ1) is 17.4. The molecule has 1 aromatic carbocycles. The molecule has 0 radical (unpaired) electrons. The largest absolute Gasteiger partial charge is 0.342 e. The summed E-state index contributed by atoms with van der Waals surface area (Å²) >= 11 is 0. The summed E-state index contributed by atoms with van der Waals surface area (Å²) in [6.45, 7) is 8.65. The number of carbonyl (C=O) groups is 2. The van der Waals surface area contributed by atoms with Gasteiger partial charge in [0.15, 0.2) is 6.54 Å². The van der Waals surface area contributed by atoms with Crippen molar-refractivity contribution in [3.8, 4) is 0 Å². The van der Waals surface area contributed by atoms with Crippen molar-refractivity contribution >= 4 is 17.5 Å². The molecule has 4 N–H and O–H groups in total. The molecule has 6 nitrogen and oxygen atoms in total. The van der Waals surface area contributed by atoms with Crippen LogP contribution in [0.3, 0.4) is 0 Å². The van der Waals surface area contributed by atoms with Gasteiger partial charge in [-0.05, 0) is 31.0 Å². The lowest BCUT2D eigenvalue weighted by atomic mass is 10.1. The lowest BCUT2D eigenvalue weighted by Gasteiger charge is -2.26. The molecular formula is C17H28N4O2+2. The number of quaternary nitrogens is 2. The average Bonchev–Trinajstić information content (AvgIpc) is 2.52. The van der Waals surface area contributed by atoms with Gasteiger partial charge < -0.3 is 20.4 Å². The first-order chi connectivity index (χ1) is 11.0. The molecule has 0 aliphatic carbocycles. The number of carbonyl (C=O) groups excluding carboxylic acids is 2. The van der Waals surface area contributed by atoms with E-state index in [1.807, 2.05) is 32.0 Å². The summed E-state index contributed by atoms with van der Waals surface area (Å²) in [5, 5.41) is 5.57. The Kier molecular flexibility index (Phi) is 6.12. The van der Waals surface area contributed by atoms with Crippen LogP contribution in [0.5, 0.6) is 0 Å². The number of nitrogens with one attached hydrogen (secondary N) is 4. The Bertz CT molecular complexity index is 566. The number of hydrogen-bond donors (Lipinski definition) is 4. The van der Waals surface area contributed by atoms with Gasteiger partial charge in [-0.15, -0.1) is 0 Å². The van der Waals surface area contributed by atoms with Crippen LogP contribution in [0.25, 0.3) is 0 Å². The normalized spacial score (nSPS) is 20.8. The summed E-state index contributed by atoms with van der Waals surface area (Å²) in [7, 11) is 2.18. The number of hydrogen-bond acceptors (Lipinski definition) is 2. The number of benzene rings is 1. The van der Waals surface area contributed by atoms with E-state index < -0.39 is 0 Å². The minimum absolute atomic E-state index is 0.0185. The van der Waals surface area contributed by atoms with Crippen LogP contribution in [-0.2, 0) is 9.59 Å². The van der Waals surface area contributed by atoms with E-state index in [9.17, 15) is 9.59 Å². The van der Waals surface area contributed by atoms with Crippen molar-refractivity contribution in [3.05, 3.63) is 29.3 Å². The third-order valence-corrected chi connectivity index (χ3v) is 4.55. The fourth-order valence-corrected chi connectivity index (χ4v) is 2.76. The Morgan fingerprint density at radius 1 is 1.09 bits per heavy atom. The van der Waals surface area contributed by atoms with Crippen LogP contribution < -0.4 is 20.4 Å². The molecule has 1 heterocycles. The highest BCUT2D eigenvalue weighted by Gasteiger charge is 2.22. The van der Waals surface area contributed by atoms with Gasteiger partial charge >= 0.3 is 0 Å². The lowest BCUT2D eigenvalue weighted by molar-refractivity contribution is -1.000. The van der Waals surface area contributed by atoms with E-state index in [-0.39, 0.29) is 18.4 Å². The second kappa shape index (κ2) is 8.08. The number of aryl methyl sites for hydroxylation is 1. The predicted molar refractivity (Wildman–Crippen MR) is 89.7 cm³/mol. The zero-order valence-electron chi connectivity index (χ0n) is 14.3. The zero-order chi connectivity index (χ0) is 16.8. The van der Waals surface area contributed by atoms with Crippen LogP contribution in [0.1, 0.15) is 11.1 Å². The molecule has 2 rings (SSSR count). The Morgan fingerprint density at radius 2 is 1.78 bits per heavy atom. The molecule has 1 fully saturated rings. The third-order valence-electron chi connectivity index (χ3n) is 4.55. The number of amides is 2. The highest BCUT2D eigenvalue weighted by atomic mass is 16.2. The molecule has 0 bridgehead atoms. The van der Waals surface area contributed by atoms with Crippen molar-refractivity contribution in [2.24, 2.45) is 0 Å². The lowest BCUT2D eigenvalue weighted by Crippen LogP contribution is -3.27. The summed E-state index contributed by atoms with van der Waals surface area (Å²) < 4.78 is 0. The number of anilines is 1. The second-order valence-electron chi connectivity index (χ2n) is 6.46. The molecule has 2 amide bonds. The first-order valence-electron chi connectivity index (χ1n) is 8.23. The van der Waals surface area contributed by atoms with Gasteiger partial charge in [-0.2, -0.15) is 0 Å². The smallest absolute Gasteiger partial charge is 0.275 e. The second-order valence-corrected chi connectivity index (χ2v) is 6.46. The summed E-state index contributed by atoms with van der Waals surface area (Å²) in [5.74, 6) is -0.250. The summed E-state index contributed by atoms with van der Waals surface area (Å²) in [6, 6.07) is 5.79. The van der Waals surface area contributed by atoms with Gasteiger partial charge in [-0.3, -0.25) is 9.59 Å². The molecule has 0 aromatic heterocycles. The van der Waals surface area contributed by atoms with E-state index in [2.05, 4.69) is 17.7 Å². The Labute approximate surface area is 137 Å². The van der Waals surface area contributed by atoms with Crippen molar-refractivity contribution in [3.63, 3.8) is 0 Å². The maximum absolute atomic E-state index is 12.0. The molecule has 6 heteroatoms. The maximum Gasteiger partial charge on any atom is 0.275 e. The SMILES string of the molecule is Cc1cccc(NC(=O)CNC(=O)C[NH+]2CC[NH+](C)CC2)c1C.